The van der Waals surface area contributed by atoms with Gasteiger partial charge < -0.3 is 10.3 Å². The maximum atomic E-state index is 8.60. The van der Waals surface area contributed by atoms with E-state index in [0.29, 0.717) is 0 Å². The van der Waals surface area contributed by atoms with Gasteiger partial charge in [0.05, 0.1) is 23.5 Å². The molecule has 4 heteroatoms. The number of nitrogens with one attached hydrogen (secondary N) is 1. The Morgan fingerprint density at radius 3 is 2.13 bits per heavy atom. The molecule has 0 amide bonds. The normalized spacial score (nSPS) is 21.7. The number of anilines is 2. The summed E-state index contributed by atoms with van der Waals surface area (Å²) in [6.45, 7) is 2.10. The number of hydrogen-bond acceptors (Lipinski definition) is 4. The molecule has 1 fully saturated rings. The molecule has 2 atom stereocenters. The van der Waals surface area contributed by atoms with Gasteiger partial charge in [0, 0.05) is 26.8 Å². The zero-order chi connectivity index (χ0) is 16.6. The first-order chi connectivity index (χ1) is 11.0. The van der Waals surface area contributed by atoms with Crippen LogP contribution in [0.15, 0.2) is 54.6 Å². The van der Waals surface area contributed by atoms with Crippen LogP contribution in [0.2, 0.25) is 0 Å². The summed E-state index contributed by atoms with van der Waals surface area (Å²) >= 11 is 0. The molecule has 0 radical (unpaired) electrons. The molecule has 3 rings (SSSR count). The zero-order valence-electron chi connectivity index (χ0n) is 14.2. The molecule has 2 aromatic carbocycles. The minimum Gasteiger partial charge on any atom is -0.378 e. The molecular weight excluding hydrogens is 284 g/mol. The van der Waals surface area contributed by atoms with Crippen molar-refractivity contribution in [1.29, 1.82) is 5.41 Å². The molecule has 4 nitrogen and oxygen atoms in total. The van der Waals surface area contributed by atoms with Gasteiger partial charge in [-0.15, -0.1) is 0 Å². The zero-order valence-corrected chi connectivity index (χ0v) is 14.2. The summed E-state index contributed by atoms with van der Waals surface area (Å²) < 4.78 is 0. The minimum atomic E-state index is -0.0126. The Bertz CT molecular complexity index is 678. The maximum absolute atomic E-state index is 8.60. The second-order valence-corrected chi connectivity index (χ2v) is 6.27. The van der Waals surface area contributed by atoms with E-state index in [1.54, 1.807) is 0 Å². The number of hydrazine groups is 1. The van der Waals surface area contributed by atoms with Crippen LogP contribution in [0.5, 0.6) is 0 Å². The SMILES string of the molecule is CC1C(=N)C(c2ccc(N(C)C)cc2)N(C)N1c1ccccc1. The molecule has 1 aliphatic rings. The molecule has 0 aliphatic carbocycles. The Hall–Kier alpha value is -2.33. The Morgan fingerprint density at radius 1 is 0.957 bits per heavy atom. The maximum Gasteiger partial charge on any atom is 0.0936 e. The lowest BCUT2D eigenvalue weighted by atomic mass is 9.99. The van der Waals surface area contributed by atoms with Crippen LogP contribution in [0.3, 0.4) is 0 Å². The summed E-state index contributed by atoms with van der Waals surface area (Å²) in [4.78, 5) is 2.09. The summed E-state index contributed by atoms with van der Waals surface area (Å²) in [5.74, 6) is 0. The Morgan fingerprint density at radius 2 is 1.57 bits per heavy atom. The van der Waals surface area contributed by atoms with E-state index in [9.17, 15) is 0 Å². The van der Waals surface area contributed by atoms with Crippen LogP contribution in [0, 0.1) is 5.41 Å². The fourth-order valence-corrected chi connectivity index (χ4v) is 3.30. The predicted octanol–water partition coefficient (Wildman–Crippen LogP) is 3.57. The van der Waals surface area contributed by atoms with Crippen molar-refractivity contribution < 1.29 is 0 Å². The fraction of sp³-hybridized carbons (Fsp3) is 0.316. The van der Waals surface area contributed by atoms with Crippen molar-refractivity contribution in [3.05, 3.63) is 60.2 Å². The molecule has 1 saturated heterocycles. The number of nitrogens with zero attached hydrogens (tertiary/aromatic N) is 3. The molecule has 0 aromatic heterocycles. The van der Waals surface area contributed by atoms with Gasteiger partial charge in [0.25, 0.3) is 0 Å². The fourth-order valence-electron chi connectivity index (χ4n) is 3.30. The number of para-hydroxylation sites is 1. The van der Waals surface area contributed by atoms with E-state index in [0.717, 1.165) is 17.0 Å². The second-order valence-electron chi connectivity index (χ2n) is 6.27. The van der Waals surface area contributed by atoms with Gasteiger partial charge in [0.2, 0.25) is 0 Å². The van der Waals surface area contributed by atoms with Crippen molar-refractivity contribution in [3.63, 3.8) is 0 Å². The van der Waals surface area contributed by atoms with Gasteiger partial charge in [-0.2, -0.15) is 0 Å². The Balaban J connectivity index is 1.93. The highest BCUT2D eigenvalue weighted by Crippen LogP contribution is 2.36. The highest BCUT2D eigenvalue weighted by Gasteiger charge is 2.40. The van der Waals surface area contributed by atoms with Crippen molar-refractivity contribution in [2.75, 3.05) is 31.1 Å². The summed E-state index contributed by atoms with van der Waals surface area (Å²) in [6.07, 6.45) is 0. The average Bonchev–Trinajstić information content (AvgIpc) is 2.78. The van der Waals surface area contributed by atoms with E-state index in [1.165, 1.54) is 5.69 Å². The molecule has 0 saturated carbocycles. The van der Waals surface area contributed by atoms with E-state index in [4.69, 9.17) is 5.41 Å². The van der Waals surface area contributed by atoms with Crippen LogP contribution >= 0.6 is 0 Å². The second kappa shape index (κ2) is 6.05. The van der Waals surface area contributed by atoms with Crippen molar-refractivity contribution >= 4 is 17.1 Å². The van der Waals surface area contributed by atoms with Crippen molar-refractivity contribution in [1.82, 2.24) is 5.01 Å². The van der Waals surface area contributed by atoms with Gasteiger partial charge in [0.1, 0.15) is 0 Å². The molecule has 23 heavy (non-hydrogen) atoms. The van der Waals surface area contributed by atoms with Gasteiger partial charge in [0.15, 0.2) is 0 Å². The molecule has 1 aliphatic heterocycles. The summed E-state index contributed by atoms with van der Waals surface area (Å²) in [5, 5.41) is 13.0. The first kappa shape index (κ1) is 15.6. The van der Waals surface area contributed by atoms with Crippen LogP contribution in [-0.2, 0) is 0 Å². The van der Waals surface area contributed by atoms with Crippen molar-refractivity contribution in [3.8, 4) is 0 Å². The average molecular weight is 308 g/mol. The van der Waals surface area contributed by atoms with Gasteiger partial charge in [-0.25, -0.2) is 5.01 Å². The summed E-state index contributed by atoms with van der Waals surface area (Å²) in [6, 6.07) is 18.8. The molecule has 1 heterocycles. The smallest absolute Gasteiger partial charge is 0.0936 e. The molecular formula is C19H24N4. The first-order valence-electron chi connectivity index (χ1n) is 7.93. The Kier molecular flexibility index (Phi) is 4.09. The predicted molar refractivity (Wildman–Crippen MR) is 97.4 cm³/mol. The topological polar surface area (TPSA) is 33.6 Å². The van der Waals surface area contributed by atoms with Crippen LogP contribution in [0.25, 0.3) is 0 Å². The summed E-state index contributed by atoms with van der Waals surface area (Å²) in [7, 11) is 6.14. The number of rotatable bonds is 3. The third-order valence-corrected chi connectivity index (χ3v) is 4.57. The third-order valence-electron chi connectivity index (χ3n) is 4.57. The molecule has 0 bridgehead atoms. The highest BCUT2D eigenvalue weighted by atomic mass is 15.7. The van der Waals surface area contributed by atoms with Crippen molar-refractivity contribution in [2.45, 2.75) is 19.0 Å². The minimum absolute atomic E-state index is 0.0126. The van der Waals surface area contributed by atoms with Crippen molar-refractivity contribution in [2.24, 2.45) is 0 Å². The lowest BCUT2D eigenvalue weighted by Gasteiger charge is -2.31. The van der Waals surface area contributed by atoms with Gasteiger partial charge >= 0.3 is 0 Å². The molecule has 120 valence electrons. The largest absolute Gasteiger partial charge is 0.378 e. The summed E-state index contributed by atoms with van der Waals surface area (Å²) in [5.41, 5.74) is 4.19. The van der Waals surface area contributed by atoms with Crippen LogP contribution in [0.4, 0.5) is 11.4 Å². The van der Waals surface area contributed by atoms with Crippen LogP contribution in [0.1, 0.15) is 18.5 Å². The van der Waals surface area contributed by atoms with E-state index >= 15 is 0 Å². The number of benzene rings is 2. The lowest BCUT2D eigenvalue weighted by Crippen LogP contribution is -2.38. The molecule has 2 aromatic rings. The third kappa shape index (κ3) is 2.70. The van der Waals surface area contributed by atoms with Crippen LogP contribution in [-0.4, -0.2) is 37.9 Å². The van der Waals surface area contributed by atoms with E-state index in [1.807, 2.05) is 32.3 Å². The molecule has 1 N–H and O–H groups in total. The Labute approximate surface area is 138 Å². The molecule has 2 unspecified atom stereocenters. The van der Waals surface area contributed by atoms with Gasteiger partial charge in [-0.1, -0.05) is 30.3 Å². The van der Waals surface area contributed by atoms with E-state index in [2.05, 4.69) is 65.3 Å². The quantitative estimate of drug-likeness (QED) is 0.941. The van der Waals surface area contributed by atoms with Gasteiger partial charge in [-0.05, 0) is 36.8 Å². The van der Waals surface area contributed by atoms with E-state index in [-0.39, 0.29) is 12.1 Å². The molecule has 0 spiro atoms. The van der Waals surface area contributed by atoms with Crippen LogP contribution < -0.4 is 9.91 Å². The number of hydrogen-bond donors (Lipinski definition) is 1. The lowest BCUT2D eigenvalue weighted by molar-refractivity contribution is 0.305. The highest BCUT2D eigenvalue weighted by molar-refractivity contribution is 5.97. The first-order valence-corrected chi connectivity index (χ1v) is 7.93. The van der Waals surface area contributed by atoms with E-state index < -0.39 is 0 Å². The standard InChI is InChI=1S/C19H24N4/c1-14-18(20)19(15-10-12-16(13-11-15)21(2)3)22(4)23(14)17-8-6-5-7-9-17/h5-14,19-20H,1-4H3. The van der Waals surface area contributed by atoms with Gasteiger partial charge in [-0.3, -0.25) is 5.01 Å². The monoisotopic (exact) mass is 308 g/mol.